The van der Waals surface area contributed by atoms with E-state index in [2.05, 4.69) is 5.32 Å². The Morgan fingerprint density at radius 3 is 3.00 bits per heavy atom. The molecule has 0 aromatic heterocycles. The van der Waals surface area contributed by atoms with E-state index >= 15 is 0 Å². The van der Waals surface area contributed by atoms with Crippen molar-refractivity contribution in [1.29, 1.82) is 0 Å². The van der Waals surface area contributed by atoms with Gasteiger partial charge in [0.05, 0.1) is 0 Å². The van der Waals surface area contributed by atoms with Gasteiger partial charge in [-0.3, -0.25) is 0 Å². The fraction of sp³-hybridized carbons (Fsp3) is 0.333. The smallest absolute Gasteiger partial charge is 0.120 e. The Morgan fingerprint density at radius 1 is 1.78 bits per heavy atom. The number of dihydropyridines is 1. The summed E-state index contributed by atoms with van der Waals surface area (Å²) in [6.45, 7) is 0.563. The van der Waals surface area contributed by atoms with Gasteiger partial charge in [-0.2, -0.15) is 0 Å². The molecule has 0 aliphatic carbocycles. The van der Waals surface area contributed by atoms with E-state index in [1.54, 1.807) is 0 Å². The van der Waals surface area contributed by atoms with Crippen molar-refractivity contribution in [2.45, 2.75) is 5.50 Å². The molecule has 50 valence electrons. The summed E-state index contributed by atoms with van der Waals surface area (Å²) in [4.78, 5) is 0. The molecule has 3 heteroatoms. The number of alkyl halides is 1. The lowest BCUT2D eigenvalue weighted by Crippen LogP contribution is -2.20. The summed E-state index contributed by atoms with van der Waals surface area (Å²) in [5.41, 5.74) is 6.35. The molecule has 0 amide bonds. The maximum Gasteiger partial charge on any atom is 0.120 e. The zero-order valence-corrected chi connectivity index (χ0v) is 5.73. The first-order chi connectivity index (χ1) is 4.33. The van der Waals surface area contributed by atoms with Gasteiger partial charge in [-0.25, -0.2) is 0 Å². The number of nitrogens with two attached hydrogens (primary N) is 1. The minimum Gasteiger partial charge on any atom is -0.372 e. The van der Waals surface area contributed by atoms with Crippen molar-refractivity contribution < 1.29 is 0 Å². The standard InChI is InChI=1S/C6H9ClN2/c7-6-2-1-5(3-8)4-9-6/h1-2,4,6,9H,3,8H2. The molecular weight excluding hydrogens is 136 g/mol. The van der Waals surface area contributed by atoms with Crippen LogP contribution in [-0.4, -0.2) is 12.0 Å². The molecule has 1 heterocycles. The predicted octanol–water partition coefficient (Wildman–Crippen LogP) is 0.553. The topological polar surface area (TPSA) is 38.0 Å². The van der Waals surface area contributed by atoms with Gasteiger partial charge >= 0.3 is 0 Å². The van der Waals surface area contributed by atoms with Gasteiger partial charge in [0.25, 0.3) is 0 Å². The van der Waals surface area contributed by atoms with Crippen LogP contribution in [0.25, 0.3) is 0 Å². The number of halogens is 1. The van der Waals surface area contributed by atoms with E-state index in [1.165, 1.54) is 0 Å². The number of rotatable bonds is 1. The van der Waals surface area contributed by atoms with E-state index in [1.807, 2.05) is 18.4 Å². The first-order valence-electron chi connectivity index (χ1n) is 2.80. The normalized spacial score (nSPS) is 25.1. The minimum absolute atomic E-state index is 0.0692. The molecule has 1 atom stereocenters. The Kier molecular flexibility index (Phi) is 2.14. The van der Waals surface area contributed by atoms with Gasteiger partial charge in [-0.1, -0.05) is 17.7 Å². The summed E-state index contributed by atoms with van der Waals surface area (Å²) in [5.74, 6) is 0. The van der Waals surface area contributed by atoms with Gasteiger partial charge < -0.3 is 11.1 Å². The van der Waals surface area contributed by atoms with E-state index in [4.69, 9.17) is 17.3 Å². The molecule has 3 N–H and O–H groups in total. The van der Waals surface area contributed by atoms with Crippen LogP contribution >= 0.6 is 11.6 Å². The molecule has 1 rings (SSSR count). The monoisotopic (exact) mass is 144 g/mol. The van der Waals surface area contributed by atoms with Gasteiger partial charge in [0.1, 0.15) is 5.50 Å². The fourth-order valence-electron chi connectivity index (χ4n) is 0.625. The SMILES string of the molecule is NCC1=CNC(Cl)C=C1. The Labute approximate surface area is 59.4 Å². The molecule has 0 aromatic rings. The van der Waals surface area contributed by atoms with Crippen LogP contribution in [0.5, 0.6) is 0 Å². The minimum atomic E-state index is -0.0692. The second kappa shape index (κ2) is 2.90. The van der Waals surface area contributed by atoms with Gasteiger partial charge in [0.2, 0.25) is 0 Å². The maximum absolute atomic E-state index is 5.66. The fourth-order valence-corrected chi connectivity index (χ4v) is 0.761. The first kappa shape index (κ1) is 6.65. The Balaban J connectivity index is 2.52. The van der Waals surface area contributed by atoms with Crippen molar-refractivity contribution in [3.63, 3.8) is 0 Å². The van der Waals surface area contributed by atoms with Crippen molar-refractivity contribution in [1.82, 2.24) is 5.32 Å². The molecule has 1 unspecified atom stereocenters. The summed E-state index contributed by atoms with van der Waals surface area (Å²) in [5, 5.41) is 2.92. The molecule has 0 fully saturated rings. The zero-order valence-electron chi connectivity index (χ0n) is 4.97. The van der Waals surface area contributed by atoms with Crippen molar-refractivity contribution in [2.24, 2.45) is 5.73 Å². The van der Waals surface area contributed by atoms with Gasteiger partial charge in [-0.15, -0.1) is 0 Å². The van der Waals surface area contributed by atoms with Crippen LogP contribution in [0.1, 0.15) is 0 Å². The van der Waals surface area contributed by atoms with Crippen molar-refractivity contribution >= 4 is 11.6 Å². The highest BCUT2D eigenvalue weighted by atomic mass is 35.5. The highest BCUT2D eigenvalue weighted by Crippen LogP contribution is 2.03. The third kappa shape index (κ3) is 1.73. The van der Waals surface area contributed by atoms with Crippen LogP contribution in [0, 0.1) is 0 Å². The molecule has 9 heavy (non-hydrogen) atoms. The third-order valence-electron chi connectivity index (χ3n) is 1.14. The van der Waals surface area contributed by atoms with E-state index in [0.717, 1.165) is 5.57 Å². The Bertz CT molecular complexity index is 151. The van der Waals surface area contributed by atoms with Crippen LogP contribution in [0.3, 0.4) is 0 Å². The molecular formula is C6H9ClN2. The number of nitrogens with one attached hydrogen (secondary N) is 1. The summed E-state index contributed by atoms with van der Waals surface area (Å²) >= 11 is 5.66. The van der Waals surface area contributed by atoms with Gasteiger partial charge in [0.15, 0.2) is 0 Å². The summed E-state index contributed by atoms with van der Waals surface area (Å²) in [6.07, 6.45) is 5.62. The summed E-state index contributed by atoms with van der Waals surface area (Å²) in [7, 11) is 0. The number of hydrogen-bond acceptors (Lipinski definition) is 2. The second-order valence-corrected chi connectivity index (χ2v) is 2.32. The Hall–Kier alpha value is -0.470. The molecule has 0 bridgehead atoms. The van der Waals surface area contributed by atoms with Crippen LogP contribution in [0.4, 0.5) is 0 Å². The van der Waals surface area contributed by atoms with Crippen LogP contribution < -0.4 is 11.1 Å². The molecule has 2 nitrogen and oxygen atoms in total. The molecule has 1 aliphatic rings. The third-order valence-corrected chi connectivity index (χ3v) is 1.41. The molecule has 0 aromatic carbocycles. The predicted molar refractivity (Wildman–Crippen MR) is 39.1 cm³/mol. The zero-order chi connectivity index (χ0) is 6.69. The lowest BCUT2D eigenvalue weighted by molar-refractivity contribution is 0.879. The second-order valence-electron chi connectivity index (χ2n) is 1.85. The first-order valence-corrected chi connectivity index (χ1v) is 3.24. The van der Waals surface area contributed by atoms with E-state index in [9.17, 15) is 0 Å². The average molecular weight is 145 g/mol. The van der Waals surface area contributed by atoms with E-state index in [-0.39, 0.29) is 5.50 Å². The van der Waals surface area contributed by atoms with Crippen LogP contribution in [0.2, 0.25) is 0 Å². The molecule has 0 spiro atoms. The maximum atomic E-state index is 5.66. The van der Waals surface area contributed by atoms with E-state index in [0.29, 0.717) is 6.54 Å². The molecule has 1 aliphatic heterocycles. The van der Waals surface area contributed by atoms with Crippen molar-refractivity contribution in [2.75, 3.05) is 6.54 Å². The lowest BCUT2D eigenvalue weighted by Gasteiger charge is -2.10. The van der Waals surface area contributed by atoms with Crippen molar-refractivity contribution in [3.8, 4) is 0 Å². The lowest BCUT2D eigenvalue weighted by atomic mass is 10.2. The molecule has 0 radical (unpaired) electrons. The summed E-state index contributed by atoms with van der Waals surface area (Å²) in [6, 6.07) is 0. The van der Waals surface area contributed by atoms with Crippen LogP contribution in [-0.2, 0) is 0 Å². The van der Waals surface area contributed by atoms with E-state index < -0.39 is 0 Å². The summed E-state index contributed by atoms with van der Waals surface area (Å²) < 4.78 is 0. The molecule has 0 saturated heterocycles. The number of hydrogen-bond donors (Lipinski definition) is 2. The van der Waals surface area contributed by atoms with Crippen LogP contribution in [0.15, 0.2) is 23.9 Å². The highest BCUT2D eigenvalue weighted by Gasteiger charge is 2.00. The largest absolute Gasteiger partial charge is 0.372 e. The van der Waals surface area contributed by atoms with Gasteiger partial charge in [0, 0.05) is 12.7 Å². The average Bonchev–Trinajstić information content (AvgIpc) is 1.90. The molecule has 0 saturated carbocycles. The Morgan fingerprint density at radius 2 is 2.56 bits per heavy atom. The van der Waals surface area contributed by atoms with Crippen molar-refractivity contribution in [3.05, 3.63) is 23.9 Å². The van der Waals surface area contributed by atoms with Gasteiger partial charge in [-0.05, 0) is 11.6 Å². The highest BCUT2D eigenvalue weighted by molar-refractivity contribution is 6.21. The quantitative estimate of drug-likeness (QED) is 0.417.